The smallest absolute Gasteiger partial charge is 0.252 e. The van der Waals surface area contributed by atoms with Gasteiger partial charge in [0.25, 0.3) is 5.91 Å². The maximum absolute atomic E-state index is 12.6. The van der Waals surface area contributed by atoms with Gasteiger partial charge in [0, 0.05) is 25.7 Å². The van der Waals surface area contributed by atoms with Crippen molar-refractivity contribution in [3.8, 4) is 5.75 Å². The summed E-state index contributed by atoms with van der Waals surface area (Å²) in [5, 5.41) is 3.18. The number of carbonyl (C=O) groups is 1. The maximum atomic E-state index is 12.6. The van der Waals surface area contributed by atoms with E-state index in [1.165, 1.54) is 29.6 Å². The van der Waals surface area contributed by atoms with Gasteiger partial charge in [-0.2, -0.15) is 4.31 Å². The number of ether oxygens (including phenoxy) is 1. The molecule has 0 saturated carbocycles. The molecule has 1 saturated heterocycles. The topological polar surface area (TPSA) is 102 Å². The third-order valence-corrected chi connectivity index (χ3v) is 5.27. The molecule has 1 heterocycles. The number of piperazine rings is 1. The number of hydrogen-bond acceptors (Lipinski definition) is 5. The molecule has 1 aliphatic heterocycles. The van der Waals surface area contributed by atoms with Crippen LogP contribution in [0.4, 0.5) is 0 Å². The average Bonchev–Trinajstić information content (AvgIpc) is 2.46. The molecule has 0 aromatic heterocycles. The van der Waals surface area contributed by atoms with Crippen molar-refractivity contribution in [3.05, 3.63) is 23.8 Å². The van der Waals surface area contributed by atoms with Crippen molar-refractivity contribution >= 4 is 15.9 Å². The predicted octanol–water partition coefficient (Wildman–Crippen LogP) is -0.223. The first-order valence-corrected chi connectivity index (χ1v) is 8.01. The summed E-state index contributed by atoms with van der Waals surface area (Å²) in [5.74, 6) is -0.465. The van der Waals surface area contributed by atoms with E-state index >= 15 is 0 Å². The molecule has 116 valence electrons. The van der Waals surface area contributed by atoms with Gasteiger partial charge in [-0.25, -0.2) is 8.42 Å². The number of primary amides is 1. The lowest BCUT2D eigenvalue weighted by atomic mass is 10.2. The number of amides is 1. The molecule has 0 spiro atoms. The standard InChI is InChI=1S/C13H19N3O4S/c1-9-8-16(6-5-15-9)21(18,19)10-3-4-12(20-2)11(7-10)13(14)17/h3-4,7,9,15H,5-6,8H2,1-2H3,(H2,14,17)/t9-/m1/s1. The van der Waals surface area contributed by atoms with Gasteiger partial charge in [-0.05, 0) is 25.1 Å². The first kappa shape index (κ1) is 15.7. The fraction of sp³-hybridized carbons (Fsp3) is 0.462. The number of nitrogens with one attached hydrogen (secondary N) is 1. The highest BCUT2D eigenvalue weighted by atomic mass is 32.2. The van der Waals surface area contributed by atoms with Crippen molar-refractivity contribution in [3.63, 3.8) is 0 Å². The Morgan fingerprint density at radius 3 is 2.76 bits per heavy atom. The SMILES string of the molecule is COc1ccc(S(=O)(=O)N2CCN[C@H](C)C2)cc1C(N)=O. The Labute approximate surface area is 124 Å². The van der Waals surface area contributed by atoms with E-state index in [0.717, 1.165) is 0 Å². The van der Waals surface area contributed by atoms with E-state index in [9.17, 15) is 13.2 Å². The molecule has 1 fully saturated rings. The molecule has 21 heavy (non-hydrogen) atoms. The van der Waals surface area contributed by atoms with Crippen molar-refractivity contribution in [2.24, 2.45) is 5.73 Å². The fourth-order valence-corrected chi connectivity index (χ4v) is 3.86. The second-order valence-corrected chi connectivity index (χ2v) is 6.88. The number of nitrogens with two attached hydrogens (primary N) is 1. The number of carbonyl (C=O) groups excluding carboxylic acids is 1. The van der Waals surface area contributed by atoms with Crippen molar-refractivity contribution in [1.82, 2.24) is 9.62 Å². The molecule has 0 bridgehead atoms. The zero-order valence-electron chi connectivity index (χ0n) is 12.0. The third kappa shape index (κ3) is 3.17. The summed E-state index contributed by atoms with van der Waals surface area (Å²) in [6, 6.07) is 4.22. The lowest BCUT2D eigenvalue weighted by molar-refractivity contribution is 0.0997. The second kappa shape index (κ2) is 6.00. The van der Waals surface area contributed by atoms with Crippen molar-refractivity contribution in [2.75, 3.05) is 26.7 Å². The van der Waals surface area contributed by atoms with Crippen LogP contribution in [0, 0.1) is 0 Å². The summed E-state index contributed by atoms with van der Waals surface area (Å²) in [5.41, 5.74) is 5.32. The van der Waals surface area contributed by atoms with Crippen LogP contribution in [-0.2, 0) is 10.0 Å². The van der Waals surface area contributed by atoms with Gasteiger partial charge in [-0.15, -0.1) is 0 Å². The highest BCUT2D eigenvalue weighted by molar-refractivity contribution is 7.89. The van der Waals surface area contributed by atoms with E-state index in [1.54, 1.807) is 0 Å². The predicted molar refractivity (Wildman–Crippen MR) is 77.7 cm³/mol. The van der Waals surface area contributed by atoms with Crippen molar-refractivity contribution in [2.45, 2.75) is 17.9 Å². The fourth-order valence-electron chi connectivity index (χ4n) is 2.30. The zero-order valence-corrected chi connectivity index (χ0v) is 12.8. The molecule has 2 rings (SSSR count). The molecule has 1 aromatic rings. The van der Waals surface area contributed by atoms with Crippen LogP contribution >= 0.6 is 0 Å². The van der Waals surface area contributed by atoms with Crippen molar-refractivity contribution in [1.29, 1.82) is 0 Å². The second-order valence-electron chi connectivity index (χ2n) is 4.94. The molecule has 1 aliphatic rings. The van der Waals surface area contributed by atoms with Gasteiger partial charge in [-0.1, -0.05) is 0 Å². The molecule has 1 atom stereocenters. The Kier molecular flexibility index (Phi) is 4.50. The number of hydrogen-bond donors (Lipinski definition) is 2. The van der Waals surface area contributed by atoms with Crippen LogP contribution in [0.15, 0.2) is 23.1 Å². The summed E-state index contributed by atoms with van der Waals surface area (Å²) in [6.07, 6.45) is 0. The third-order valence-electron chi connectivity index (χ3n) is 3.41. The number of methoxy groups -OCH3 is 1. The van der Waals surface area contributed by atoms with E-state index in [0.29, 0.717) is 19.6 Å². The van der Waals surface area contributed by atoms with Crippen LogP contribution in [-0.4, -0.2) is 51.4 Å². The maximum Gasteiger partial charge on any atom is 0.252 e. The molecular formula is C13H19N3O4S. The Balaban J connectivity index is 2.40. The molecule has 1 aromatic carbocycles. The van der Waals surface area contributed by atoms with E-state index in [1.807, 2.05) is 6.92 Å². The quantitative estimate of drug-likeness (QED) is 0.800. The van der Waals surface area contributed by atoms with E-state index in [-0.39, 0.29) is 22.3 Å². The molecule has 0 unspecified atom stereocenters. The van der Waals surface area contributed by atoms with Crippen LogP contribution in [0.25, 0.3) is 0 Å². The lowest BCUT2D eigenvalue weighted by Crippen LogP contribution is -2.51. The summed E-state index contributed by atoms with van der Waals surface area (Å²) < 4.78 is 31.6. The Morgan fingerprint density at radius 2 is 2.19 bits per heavy atom. The monoisotopic (exact) mass is 313 g/mol. The molecule has 7 nitrogen and oxygen atoms in total. The van der Waals surface area contributed by atoms with Gasteiger partial charge in [0.15, 0.2) is 0 Å². The average molecular weight is 313 g/mol. The van der Waals surface area contributed by atoms with Gasteiger partial charge >= 0.3 is 0 Å². The van der Waals surface area contributed by atoms with Crippen LogP contribution in [0.1, 0.15) is 17.3 Å². The molecule has 0 radical (unpaired) electrons. The van der Waals surface area contributed by atoms with Crippen LogP contribution < -0.4 is 15.8 Å². The lowest BCUT2D eigenvalue weighted by Gasteiger charge is -2.31. The highest BCUT2D eigenvalue weighted by Crippen LogP contribution is 2.24. The van der Waals surface area contributed by atoms with E-state index in [2.05, 4.69) is 5.32 Å². The normalized spacial score (nSPS) is 20.2. The van der Waals surface area contributed by atoms with Crippen molar-refractivity contribution < 1.29 is 17.9 Å². The first-order chi connectivity index (χ1) is 9.86. The Bertz CT molecular complexity index is 645. The van der Waals surface area contributed by atoms with Crippen LogP contribution in [0.2, 0.25) is 0 Å². The summed E-state index contributed by atoms with van der Waals surface area (Å²) in [6.45, 7) is 3.30. The van der Waals surface area contributed by atoms with Gasteiger partial charge < -0.3 is 15.8 Å². The molecule has 8 heteroatoms. The molecule has 1 amide bonds. The van der Waals surface area contributed by atoms with Gasteiger partial charge in [0.2, 0.25) is 10.0 Å². The minimum Gasteiger partial charge on any atom is -0.496 e. The molecule has 0 aliphatic carbocycles. The van der Waals surface area contributed by atoms with Gasteiger partial charge in [0.1, 0.15) is 5.75 Å². The minimum absolute atomic E-state index is 0.0474. The first-order valence-electron chi connectivity index (χ1n) is 6.57. The number of sulfonamides is 1. The van der Waals surface area contributed by atoms with E-state index < -0.39 is 15.9 Å². The Hall–Kier alpha value is -1.64. The molecular weight excluding hydrogens is 294 g/mol. The zero-order chi connectivity index (χ0) is 15.6. The number of rotatable bonds is 4. The highest BCUT2D eigenvalue weighted by Gasteiger charge is 2.29. The number of benzene rings is 1. The summed E-state index contributed by atoms with van der Waals surface area (Å²) in [7, 11) is -2.25. The van der Waals surface area contributed by atoms with Gasteiger partial charge in [-0.3, -0.25) is 4.79 Å². The largest absolute Gasteiger partial charge is 0.496 e. The van der Waals surface area contributed by atoms with Crippen LogP contribution in [0.3, 0.4) is 0 Å². The summed E-state index contributed by atoms with van der Waals surface area (Å²) in [4.78, 5) is 11.5. The van der Waals surface area contributed by atoms with Crippen LogP contribution in [0.5, 0.6) is 5.75 Å². The van der Waals surface area contributed by atoms with E-state index in [4.69, 9.17) is 10.5 Å². The Morgan fingerprint density at radius 1 is 1.48 bits per heavy atom. The summed E-state index contributed by atoms with van der Waals surface area (Å²) >= 11 is 0. The minimum atomic E-state index is -3.65. The number of nitrogens with zero attached hydrogens (tertiary/aromatic N) is 1. The molecule has 3 N–H and O–H groups in total. The van der Waals surface area contributed by atoms with Gasteiger partial charge in [0.05, 0.1) is 17.6 Å².